The number of aromatic nitrogens is 3. The maximum absolute atomic E-state index is 9.10. The fraction of sp³-hybridized carbons (Fsp3) is 0.250. The molecule has 2 aliphatic carbocycles. The molecule has 2 fully saturated rings. The predicted octanol–water partition coefficient (Wildman–Crippen LogP) is 21.5. The molecule has 0 unspecified atom stereocenters. The van der Waals surface area contributed by atoms with Crippen molar-refractivity contribution in [3.8, 4) is 33.8 Å². The molecule has 0 N–H and O–H groups in total. The Hall–Kier alpha value is -9.39. The highest BCUT2D eigenvalue weighted by molar-refractivity contribution is 6.18. The molecule has 2 saturated carbocycles. The van der Waals surface area contributed by atoms with E-state index in [0.717, 1.165) is 167 Å². The Kier molecular flexibility index (Phi) is 13.7. The molecule has 2 aliphatic rings. The van der Waals surface area contributed by atoms with Gasteiger partial charge < -0.3 is 13.3 Å². The minimum Gasteiger partial charge on any atom is -0.455 e. The Balaban J connectivity index is 0.000000116. The van der Waals surface area contributed by atoms with Gasteiger partial charge in [-0.1, -0.05) is 137 Å². The fourth-order valence-corrected chi connectivity index (χ4v) is 14.5. The van der Waals surface area contributed by atoms with Crippen molar-refractivity contribution >= 4 is 98.1 Å². The summed E-state index contributed by atoms with van der Waals surface area (Å²) in [5.74, 6) is -1.02. The van der Waals surface area contributed by atoms with Crippen LogP contribution in [0.1, 0.15) is 122 Å². The highest BCUT2D eigenvalue weighted by atomic mass is 16.3. The third-order valence-corrected chi connectivity index (χ3v) is 19.3. The molecule has 6 aromatic heterocycles. The van der Waals surface area contributed by atoms with Crippen LogP contribution in [0, 0.1) is 26.7 Å². The van der Waals surface area contributed by atoms with Crippen LogP contribution in [-0.4, -0.2) is 0 Å². The molecule has 0 aliphatic heterocycles. The van der Waals surface area contributed by atoms with Crippen molar-refractivity contribution in [2.24, 2.45) is 27.1 Å². The molecule has 9 aromatic carbocycles. The van der Waals surface area contributed by atoms with E-state index in [4.69, 9.17) is 18.7 Å². The monoisotopic (exact) mass is 1180 g/mol. The summed E-state index contributed by atoms with van der Waals surface area (Å²) in [5.41, 5.74) is 18.7. The standard InChI is InChI=1S/C29H28NO.C28H26NO.C27H26NO/c1-19-16-26-24-13-12-21-10-6-7-11-23(21)29(24)31-28(26)18-25(19)27-17-22(14-15-30(27)2)20-8-4-3-5-9-20;1-18-15-25-23-12-11-20-9-5-6-10-22(20)28(23)30-27(25)17-24(18)26-16-21(13-14-29(26)2)19-7-3-4-8-19;1-17(2)13-19-11-12-28(4)25(15-19)23-16-26-24(14-18(23)3)22-10-9-20-7-5-6-8-21(20)27(22)29-26/h6-7,10-18,20H,3-5,8-9H2,1-2H3;5-6,9-17,19H,3-4,7-8H2,1-2H3;5-12,14-17H,13H2,1-4H3/q3*+1/i20D;19D;13D2. The van der Waals surface area contributed by atoms with E-state index >= 15 is 0 Å². The number of furan rings is 3. The van der Waals surface area contributed by atoms with Gasteiger partial charge in [-0.3, -0.25) is 0 Å². The van der Waals surface area contributed by atoms with Crippen LogP contribution in [0.15, 0.2) is 214 Å². The SMILES string of the molecule is [2H]C([2H])(c1cc[n+](C)c(-c2cc3oc4c5ccccc5ccc4c3cc2C)c1)C(C)C.[2H]C1(c2cc[n+](C)c(-c3cc4oc5c6ccccc6ccc5c4cc3C)c2)CCCC1.[2H]C1(c2cc[n+](C)c(-c3cc4oc5c6ccccc6ccc5c4cc3C)c2)CCCCC1. The number of aryl methyl sites for hydroxylation is 6. The van der Waals surface area contributed by atoms with E-state index in [2.05, 4.69) is 214 Å². The first-order valence-corrected chi connectivity index (χ1v) is 32.4. The molecule has 90 heavy (non-hydrogen) atoms. The normalized spacial score (nSPS) is 15.6. The van der Waals surface area contributed by atoms with Gasteiger partial charge in [0.05, 0.1) is 16.7 Å². The van der Waals surface area contributed by atoms with Crippen LogP contribution in [0.5, 0.6) is 0 Å². The number of fused-ring (bicyclic) bond motifs is 15. The summed E-state index contributed by atoms with van der Waals surface area (Å²) >= 11 is 0. The second kappa shape index (κ2) is 23.5. The van der Waals surface area contributed by atoms with Crippen molar-refractivity contribution in [2.45, 2.75) is 111 Å². The molecular formula is C84H80N3O3+3. The maximum Gasteiger partial charge on any atom is 0.212 e. The highest BCUT2D eigenvalue weighted by Gasteiger charge is 2.26. The molecule has 0 bridgehead atoms. The number of nitrogens with zero attached hydrogens (tertiary/aromatic N) is 3. The molecule has 0 spiro atoms. The second-order valence-corrected chi connectivity index (χ2v) is 25.8. The number of pyridine rings is 3. The maximum atomic E-state index is 9.10. The zero-order valence-electron chi connectivity index (χ0n) is 57.1. The first-order valence-electron chi connectivity index (χ1n) is 34.4. The van der Waals surface area contributed by atoms with Gasteiger partial charge in [-0.2, -0.15) is 0 Å². The number of hydrogen-bond acceptors (Lipinski definition) is 3. The summed E-state index contributed by atoms with van der Waals surface area (Å²) < 4.78 is 60.7. The van der Waals surface area contributed by atoms with E-state index in [1.807, 2.05) is 55.9 Å². The number of hydrogen-bond donors (Lipinski definition) is 0. The van der Waals surface area contributed by atoms with Crippen LogP contribution in [0.4, 0.5) is 0 Å². The first-order chi connectivity index (χ1) is 45.3. The minimum atomic E-state index is -1.39. The lowest BCUT2D eigenvalue weighted by molar-refractivity contribution is -0.660. The zero-order valence-corrected chi connectivity index (χ0v) is 53.1. The highest BCUT2D eigenvalue weighted by Crippen LogP contribution is 2.43. The molecule has 6 heterocycles. The van der Waals surface area contributed by atoms with Gasteiger partial charge in [-0.05, 0) is 175 Å². The Bertz CT molecular complexity index is 5300. The van der Waals surface area contributed by atoms with Crippen LogP contribution in [0.2, 0.25) is 0 Å². The van der Waals surface area contributed by atoms with E-state index < -0.39 is 18.2 Å². The lowest BCUT2D eigenvalue weighted by atomic mass is 9.84. The van der Waals surface area contributed by atoms with Gasteiger partial charge >= 0.3 is 0 Å². The molecule has 446 valence electrons. The predicted molar refractivity (Wildman–Crippen MR) is 373 cm³/mol. The molecule has 17 rings (SSSR count). The van der Waals surface area contributed by atoms with E-state index in [1.165, 1.54) is 50.2 Å². The quantitative estimate of drug-likeness (QED) is 0.149. The molecule has 6 nitrogen and oxygen atoms in total. The third-order valence-electron chi connectivity index (χ3n) is 19.3. The van der Waals surface area contributed by atoms with Gasteiger partial charge in [-0.25, -0.2) is 13.7 Å². The molecule has 0 atom stereocenters. The van der Waals surface area contributed by atoms with E-state index in [1.54, 1.807) is 0 Å². The van der Waals surface area contributed by atoms with E-state index in [9.17, 15) is 0 Å². The Morgan fingerprint density at radius 2 is 0.733 bits per heavy atom. The van der Waals surface area contributed by atoms with Gasteiger partial charge in [0.25, 0.3) is 0 Å². The summed E-state index contributed by atoms with van der Waals surface area (Å²) in [5, 5.41) is 13.9. The van der Waals surface area contributed by atoms with Crippen molar-refractivity contribution in [3.63, 3.8) is 0 Å². The largest absolute Gasteiger partial charge is 0.455 e. The van der Waals surface area contributed by atoms with Crippen molar-refractivity contribution in [2.75, 3.05) is 0 Å². The smallest absolute Gasteiger partial charge is 0.212 e. The van der Waals surface area contributed by atoms with E-state index in [-0.39, 0.29) is 5.92 Å². The second-order valence-electron chi connectivity index (χ2n) is 25.8. The molecule has 0 saturated heterocycles. The molecule has 0 amide bonds. The minimum absolute atomic E-state index is 0.111. The average molecular weight is 1180 g/mol. The van der Waals surface area contributed by atoms with Crippen LogP contribution >= 0.6 is 0 Å². The fourth-order valence-electron chi connectivity index (χ4n) is 14.5. The zero-order chi connectivity index (χ0) is 64.9. The van der Waals surface area contributed by atoms with Gasteiger partial charge in [0, 0.05) is 90.4 Å². The van der Waals surface area contributed by atoms with Crippen LogP contribution in [0.25, 0.3) is 132 Å². The Morgan fingerprint density at radius 3 is 1.11 bits per heavy atom. The van der Waals surface area contributed by atoms with Crippen molar-refractivity contribution in [1.29, 1.82) is 0 Å². The molecule has 15 aromatic rings. The Morgan fingerprint density at radius 1 is 0.389 bits per heavy atom. The van der Waals surface area contributed by atoms with E-state index in [0.29, 0.717) is 5.56 Å². The Labute approximate surface area is 533 Å². The first kappa shape index (κ1) is 52.5. The summed E-state index contributed by atoms with van der Waals surface area (Å²) in [6.07, 6.45) is 14.4. The van der Waals surface area contributed by atoms with Gasteiger partial charge in [0.15, 0.2) is 18.6 Å². The lowest BCUT2D eigenvalue weighted by Gasteiger charge is -2.21. The number of rotatable bonds is 7. The van der Waals surface area contributed by atoms with Crippen molar-refractivity contribution in [1.82, 2.24) is 0 Å². The van der Waals surface area contributed by atoms with Gasteiger partial charge in [-0.15, -0.1) is 0 Å². The topological polar surface area (TPSA) is 51.1 Å². The summed E-state index contributed by atoms with van der Waals surface area (Å²) in [7, 11) is 6.17. The van der Waals surface area contributed by atoms with Crippen molar-refractivity contribution < 1.29 is 32.4 Å². The number of benzene rings is 9. The van der Waals surface area contributed by atoms with Crippen LogP contribution < -0.4 is 13.7 Å². The lowest BCUT2D eigenvalue weighted by Crippen LogP contribution is -2.31. The molecule has 6 heteroatoms. The van der Waals surface area contributed by atoms with Crippen LogP contribution in [0.3, 0.4) is 0 Å². The van der Waals surface area contributed by atoms with Gasteiger partial charge in [0.1, 0.15) is 54.6 Å². The summed E-state index contributed by atoms with van der Waals surface area (Å²) in [6, 6.07) is 63.8. The molecular weight excluding hydrogens is 1100 g/mol. The average Bonchev–Trinajstić information content (AvgIpc) is 1.59. The van der Waals surface area contributed by atoms with Crippen molar-refractivity contribution in [3.05, 3.63) is 234 Å². The molecule has 0 radical (unpaired) electrons. The van der Waals surface area contributed by atoms with Gasteiger partial charge in [0.2, 0.25) is 17.1 Å². The summed E-state index contributed by atoms with van der Waals surface area (Å²) in [4.78, 5) is 0. The summed E-state index contributed by atoms with van der Waals surface area (Å²) in [6.45, 7) is 10.3. The van der Waals surface area contributed by atoms with Crippen LogP contribution in [-0.2, 0) is 27.5 Å². The third kappa shape index (κ3) is 10.5.